The van der Waals surface area contributed by atoms with Crippen LogP contribution in [0.1, 0.15) is 15.4 Å². The second kappa shape index (κ2) is 6.58. The third-order valence-corrected chi connectivity index (χ3v) is 4.16. The van der Waals surface area contributed by atoms with Crippen molar-refractivity contribution in [3.05, 3.63) is 59.2 Å². The second-order valence-electron chi connectivity index (χ2n) is 4.82. The maximum Gasteiger partial charge on any atom is 0.276 e. The Morgan fingerprint density at radius 1 is 1.17 bits per heavy atom. The summed E-state index contributed by atoms with van der Waals surface area (Å²) < 4.78 is 5.16. The van der Waals surface area contributed by atoms with E-state index in [0.29, 0.717) is 10.8 Å². The molecule has 0 aliphatic carbocycles. The summed E-state index contributed by atoms with van der Waals surface area (Å²) >= 11 is 1.44. The molecule has 0 aliphatic rings. The summed E-state index contributed by atoms with van der Waals surface area (Å²) in [6.45, 7) is 1.98. The molecule has 5 nitrogen and oxygen atoms in total. The fourth-order valence-electron chi connectivity index (χ4n) is 2.12. The number of nitrogens with zero attached hydrogens (tertiary/aromatic N) is 2. The van der Waals surface area contributed by atoms with Gasteiger partial charge in [0.1, 0.15) is 11.4 Å². The molecule has 0 unspecified atom stereocenters. The lowest BCUT2D eigenvalue weighted by Crippen LogP contribution is -2.13. The number of hydrogen-bond acceptors (Lipinski definition) is 5. The molecule has 0 bridgehead atoms. The van der Waals surface area contributed by atoms with Crippen molar-refractivity contribution in [3.8, 4) is 17.0 Å². The van der Waals surface area contributed by atoms with Crippen molar-refractivity contribution >= 4 is 22.4 Å². The van der Waals surface area contributed by atoms with Gasteiger partial charge in [-0.2, -0.15) is 0 Å². The summed E-state index contributed by atoms with van der Waals surface area (Å²) in [6.07, 6.45) is 1.59. The zero-order chi connectivity index (χ0) is 16.2. The Balaban J connectivity index is 1.81. The number of thiazole rings is 1. The van der Waals surface area contributed by atoms with Gasteiger partial charge in [0.2, 0.25) is 0 Å². The largest absolute Gasteiger partial charge is 0.497 e. The molecule has 0 aliphatic heterocycles. The fraction of sp³-hybridized carbons (Fsp3) is 0.118. The van der Waals surface area contributed by atoms with Gasteiger partial charge in [0.15, 0.2) is 5.13 Å². The first-order chi connectivity index (χ1) is 11.2. The molecule has 23 heavy (non-hydrogen) atoms. The minimum atomic E-state index is -0.263. The molecule has 116 valence electrons. The minimum absolute atomic E-state index is 0.263. The average Bonchev–Trinajstić information content (AvgIpc) is 2.96. The quantitative estimate of drug-likeness (QED) is 0.793. The Morgan fingerprint density at radius 3 is 2.61 bits per heavy atom. The molecule has 6 heteroatoms. The molecule has 1 amide bonds. The number of aromatic nitrogens is 2. The predicted octanol–water partition coefficient (Wildman–Crippen LogP) is 3.77. The van der Waals surface area contributed by atoms with Crippen molar-refractivity contribution in [2.75, 3.05) is 12.4 Å². The van der Waals surface area contributed by atoms with Crippen molar-refractivity contribution in [1.82, 2.24) is 9.97 Å². The topological polar surface area (TPSA) is 64.1 Å². The summed E-state index contributed by atoms with van der Waals surface area (Å²) in [6, 6.07) is 12.9. The van der Waals surface area contributed by atoms with Gasteiger partial charge in [-0.15, -0.1) is 11.3 Å². The number of nitrogens with one attached hydrogen (secondary N) is 1. The third kappa shape index (κ3) is 3.37. The van der Waals surface area contributed by atoms with Crippen molar-refractivity contribution in [3.63, 3.8) is 0 Å². The number of benzene rings is 1. The van der Waals surface area contributed by atoms with Crippen LogP contribution in [0.5, 0.6) is 5.75 Å². The number of carbonyl (C=O) groups is 1. The van der Waals surface area contributed by atoms with Gasteiger partial charge in [-0.1, -0.05) is 6.07 Å². The van der Waals surface area contributed by atoms with Gasteiger partial charge < -0.3 is 4.74 Å². The van der Waals surface area contributed by atoms with Gasteiger partial charge >= 0.3 is 0 Å². The molecule has 3 rings (SSSR count). The van der Waals surface area contributed by atoms with Crippen molar-refractivity contribution in [2.24, 2.45) is 0 Å². The van der Waals surface area contributed by atoms with Crippen LogP contribution in [0.25, 0.3) is 11.3 Å². The summed E-state index contributed by atoms with van der Waals surface area (Å²) in [5, 5.41) is 3.35. The molecule has 0 atom stereocenters. The molecule has 3 aromatic rings. The van der Waals surface area contributed by atoms with Crippen LogP contribution < -0.4 is 10.1 Å². The van der Waals surface area contributed by atoms with Crippen LogP contribution in [-0.2, 0) is 0 Å². The lowest BCUT2D eigenvalue weighted by molar-refractivity contribution is 0.102. The van der Waals surface area contributed by atoms with Crippen molar-refractivity contribution in [2.45, 2.75) is 6.92 Å². The maximum absolute atomic E-state index is 12.1. The predicted molar refractivity (Wildman–Crippen MR) is 91.0 cm³/mol. The van der Waals surface area contributed by atoms with Gasteiger partial charge in [-0.05, 0) is 43.3 Å². The number of anilines is 1. The van der Waals surface area contributed by atoms with E-state index in [4.69, 9.17) is 4.74 Å². The molecule has 1 N–H and O–H groups in total. The highest BCUT2D eigenvalue weighted by Crippen LogP contribution is 2.31. The van der Waals surface area contributed by atoms with Gasteiger partial charge in [-0.25, -0.2) is 4.98 Å². The zero-order valence-electron chi connectivity index (χ0n) is 12.7. The molecular weight excluding hydrogens is 310 g/mol. The third-order valence-electron chi connectivity index (χ3n) is 3.28. The summed E-state index contributed by atoms with van der Waals surface area (Å²) in [7, 11) is 1.63. The number of rotatable bonds is 4. The van der Waals surface area contributed by atoms with E-state index in [2.05, 4.69) is 15.3 Å². The Morgan fingerprint density at radius 2 is 1.96 bits per heavy atom. The maximum atomic E-state index is 12.1. The smallest absolute Gasteiger partial charge is 0.276 e. The van der Waals surface area contributed by atoms with Gasteiger partial charge in [0.05, 0.1) is 12.8 Å². The molecule has 0 saturated heterocycles. The van der Waals surface area contributed by atoms with Crippen LogP contribution in [0.3, 0.4) is 0 Å². The SMILES string of the molecule is COc1ccc(-c2nc(NC(=O)c3ccccn3)sc2C)cc1. The summed E-state index contributed by atoms with van der Waals surface area (Å²) in [5.41, 5.74) is 2.21. The van der Waals surface area contributed by atoms with Gasteiger partial charge in [0.25, 0.3) is 5.91 Å². The summed E-state index contributed by atoms with van der Waals surface area (Å²) in [4.78, 5) is 21.7. The molecule has 2 aromatic heterocycles. The molecule has 0 saturated carbocycles. The lowest BCUT2D eigenvalue weighted by atomic mass is 10.1. The first-order valence-corrected chi connectivity index (χ1v) is 7.83. The number of pyridine rings is 1. The zero-order valence-corrected chi connectivity index (χ0v) is 13.6. The van der Waals surface area contributed by atoms with E-state index < -0.39 is 0 Å². The Labute approximate surface area is 138 Å². The first kappa shape index (κ1) is 15.2. The Kier molecular flexibility index (Phi) is 4.34. The highest BCUT2D eigenvalue weighted by atomic mass is 32.1. The number of hydrogen-bond donors (Lipinski definition) is 1. The number of aryl methyl sites for hydroxylation is 1. The minimum Gasteiger partial charge on any atom is -0.497 e. The van der Waals surface area contributed by atoms with E-state index in [9.17, 15) is 4.79 Å². The standard InChI is InChI=1S/C17H15N3O2S/c1-11-15(12-6-8-13(22-2)9-7-12)19-17(23-11)20-16(21)14-5-3-4-10-18-14/h3-10H,1-2H3,(H,19,20,21). The molecule has 1 aromatic carbocycles. The number of ether oxygens (including phenoxy) is 1. The summed E-state index contributed by atoms with van der Waals surface area (Å²) in [5.74, 6) is 0.533. The number of methoxy groups -OCH3 is 1. The van der Waals surface area contributed by atoms with E-state index in [1.165, 1.54) is 11.3 Å². The van der Waals surface area contributed by atoms with Crippen molar-refractivity contribution in [1.29, 1.82) is 0 Å². The van der Waals surface area contributed by atoms with Crippen LogP contribution >= 0.6 is 11.3 Å². The fourth-order valence-corrected chi connectivity index (χ4v) is 2.96. The van der Waals surface area contributed by atoms with Crippen LogP contribution in [0, 0.1) is 6.92 Å². The Hall–Kier alpha value is -2.73. The highest BCUT2D eigenvalue weighted by Gasteiger charge is 2.13. The lowest BCUT2D eigenvalue weighted by Gasteiger charge is -2.02. The van der Waals surface area contributed by atoms with Crippen molar-refractivity contribution < 1.29 is 9.53 Å². The monoisotopic (exact) mass is 325 g/mol. The second-order valence-corrected chi connectivity index (χ2v) is 6.02. The molecular formula is C17H15N3O2S. The molecule has 0 radical (unpaired) electrons. The Bertz CT molecular complexity index is 814. The van der Waals surface area contributed by atoms with E-state index in [1.54, 1.807) is 31.5 Å². The molecule has 0 fully saturated rings. The highest BCUT2D eigenvalue weighted by molar-refractivity contribution is 7.16. The first-order valence-electron chi connectivity index (χ1n) is 7.01. The molecule has 2 heterocycles. The van der Waals surface area contributed by atoms with E-state index in [1.807, 2.05) is 31.2 Å². The number of amides is 1. The molecule has 0 spiro atoms. The average molecular weight is 325 g/mol. The van der Waals surface area contributed by atoms with Crippen LogP contribution in [-0.4, -0.2) is 23.0 Å². The van der Waals surface area contributed by atoms with Crippen LogP contribution in [0.2, 0.25) is 0 Å². The van der Waals surface area contributed by atoms with Gasteiger partial charge in [-0.3, -0.25) is 15.1 Å². The van der Waals surface area contributed by atoms with Gasteiger partial charge in [0, 0.05) is 16.6 Å². The number of carbonyl (C=O) groups excluding carboxylic acids is 1. The normalized spacial score (nSPS) is 10.3. The van der Waals surface area contributed by atoms with Crippen LogP contribution in [0.15, 0.2) is 48.7 Å². The van der Waals surface area contributed by atoms with Crippen LogP contribution in [0.4, 0.5) is 5.13 Å². The van der Waals surface area contributed by atoms with E-state index >= 15 is 0 Å². The van der Waals surface area contributed by atoms with E-state index in [0.717, 1.165) is 21.9 Å². The van der Waals surface area contributed by atoms with E-state index in [-0.39, 0.29) is 5.91 Å².